The number of hydrogen-bond donors (Lipinski definition) is 3. The summed E-state index contributed by atoms with van der Waals surface area (Å²) in [4.78, 5) is 11.1. The topological polar surface area (TPSA) is 75.4 Å². The lowest BCUT2D eigenvalue weighted by molar-refractivity contribution is 0.0698. The molecule has 0 aliphatic rings. The highest BCUT2D eigenvalue weighted by Crippen LogP contribution is 2.23. The quantitative estimate of drug-likeness (QED) is 0.733. The number of anilines is 2. The molecular weight excluding hydrogens is 259 g/mol. The van der Waals surface area contributed by atoms with Gasteiger partial charge < -0.3 is 16.2 Å². The summed E-state index contributed by atoms with van der Waals surface area (Å²) in [6.07, 6.45) is 0.647. The van der Waals surface area contributed by atoms with Crippen LogP contribution >= 0.6 is 0 Å². The fourth-order valence-electron chi connectivity index (χ4n) is 1.93. The second kappa shape index (κ2) is 6.06. The first-order chi connectivity index (χ1) is 9.58. The van der Waals surface area contributed by atoms with Gasteiger partial charge in [-0.3, -0.25) is 0 Å². The highest BCUT2D eigenvalue weighted by Gasteiger charge is 2.11. The Kier molecular flexibility index (Phi) is 4.20. The van der Waals surface area contributed by atoms with E-state index in [-0.39, 0.29) is 11.4 Å². The van der Waals surface area contributed by atoms with Crippen molar-refractivity contribution in [2.45, 2.75) is 6.42 Å². The van der Waals surface area contributed by atoms with Gasteiger partial charge in [-0.25, -0.2) is 9.18 Å². The summed E-state index contributed by atoms with van der Waals surface area (Å²) < 4.78 is 12.8. The number of carboxylic acids is 1. The van der Waals surface area contributed by atoms with E-state index in [1.807, 2.05) is 0 Å². The Bertz CT molecular complexity index is 612. The van der Waals surface area contributed by atoms with E-state index < -0.39 is 5.97 Å². The summed E-state index contributed by atoms with van der Waals surface area (Å²) >= 11 is 0. The van der Waals surface area contributed by atoms with Crippen molar-refractivity contribution in [1.82, 2.24) is 0 Å². The molecule has 4 N–H and O–H groups in total. The van der Waals surface area contributed by atoms with Crippen molar-refractivity contribution in [2.24, 2.45) is 0 Å². The van der Waals surface area contributed by atoms with Crippen LogP contribution in [0.5, 0.6) is 0 Å². The Morgan fingerprint density at radius 2 is 1.90 bits per heavy atom. The minimum Gasteiger partial charge on any atom is -0.478 e. The number of benzene rings is 2. The maximum absolute atomic E-state index is 12.8. The predicted octanol–water partition coefficient (Wildman–Crippen LogP) is 2.76. The first-order valence-corrected chi connectivity index (χ1v) is 6.18. The Morgan fingerprint density at radius 1 is 1.20 bits per heavy atom. The highest BCUT2D eigenvalue weighted by atomic mass is 19.1. The van der Waals surface area contributed by atoms with Crippen LogP contribution < -0.4 is 11.1 Å². The van der Waals surface area contributed by atoms with E-state index in [9.17, 15) is 9.18 Å². The van der Waals surface area contributed by atoms with Crippen molar-refractivity contribution in [1.29, 1.82) is 0 Å². The molecule has 104 valence electrons. The van der Waals surface area contributed by atoms with Gasteiger partial charge in [0.05, 0.1) is 16.9 Å². The fourth-order valence-corrected chi connectivity index (χ4v) is 1.93. The van der Waals surface area contributed by atoms with Gasteiger partial charge in [0, 0.05) is 6.54 Å². The molecule has 0 spiro atoms. The van der Waals surface area contributed by atoms with Crippen LogP contribution in [0.1, 0.15) is 15.9 Å². The maximum Gasteiger partial charge on any atom is 0.337 e. The molecule has 0 atom stereocenters. The summed E-state index contributed by atoms with van der Waals surface area (Å²) in [5.74, 6) is -1.30. The van der Waals surface area contributed by atoms with Gasteiger partial charge in [0.1, 0.15) is 5.82 Å². The Morgan fingerprint density at radius 3 is 2.55 bits per heavy atom. The number of halogens is 1. The molecule has 20 heavy (non-hydrogen) atoms. The number of carbonyl (C=O) groups is 1. The third kappa shape index (κ3) is 3.26. The first kappa shape index (κ1) is 13.9. The summed E-state index contributed by atoms with van der Waals surface area (Å²) in [7, 11) is 0. The molecule has 2 aromatic rings. The molecule has 5 heteroatoms. The lowest BCUT2D eigenvalue weighted by atomic mass is 10.1. The SMILES string of the molecule is Nc1cccc(C(=O)O)c1NCCc1ccc(F)cc1. The van der Waals surface area contributed by atoms with E-state index in [2.05, 4.69) is 5.32 Å². The maximum atomic E-state index is 12.8. The van der Waals surface area contributed by atoms with Gasteiger partial charge in [-0.05, 0) is 36.2 Å². The number of nitrogens with two attached hydrogens (primary N) is 1. The smallest absolute Gasteiger partial charge is 0.337 e. The Hall–Kier alpha value is -2.56. The van der Waals surface area contributed by atoms with Crippen LogP contribution in [0.25, 0.3) is 0 Å². The largest absolute Gasteiger partial charge is 0.478 e. The Labute approximate surface area is 116 Å². The molecule has 0 unspecified atom stereocenters. The number of para-hydroxylation sites is 1. The van der Waals surface area contributed by atoms with E-state index in [0.717, 1.165) is 5.56 Å². The lowest BCUT2D eigenvalue weighted by Crippen LogP contribution is -2.11. The Balaban J connectivity index is 2.04. The minimum atomic E-state index is -1.03. The average Bonchev–Trinajstić information content (AvgIpc) is 2.42. The van der Waals surface area contributed by atoms with E-state index in [0.29, 0.717) is 24.3 Å². The number of nitrogens with one attached hydrogen (secondary N) is 1. The number of hydrogen-bond acceptors (Lipinski definition) is 3. The fraction of sp³-hybridized carbons (Fsp3) is 0.133. The van der Waals surface area contributed by atoms with Crippen LogP contribution in [-0.4, -0.2) is 17.6 Å². The zero-order valence-corrected chi connectivity index (χ0v) is 10.8. The van der Waals surface area contributed by atoms with Crippen molar-refractivity contribution in [3.05, 3.63) is 59.4 Å². The van der Waals surface area contributed by atoms with Gasteiger partial charge in [-0.2, -0.15) is 0 Å². The molecule has 2 aromatic carbocycles. The number of aromatic carboxylic acids is 1. The second-order valence-electron chi connectivity index (χ2n) is 4.38. The average molecular weight is 274 g/mol. The molecule has 0 fully saturated rings. The summed E-state index contributed by atoms with van der Waals surface area (Å²) in [6.45, 7) is 0.514. The van der Waals surface area contributed by atoms with Crippen molar-refractivity contribution < 1.29 is 14.3 Å². The molecule has 0 aliphatic heterocycles. The molecule has 0 bridgehead atoms. The molecule has 0 saturated carbocycles. The monoisotopic (exact) mass is 274 g/mol. The second-order valence-corrected chi connectivity index (χ2v) is 4.38. The minimum absolute atomic E-state index is 0.143. The third-order valence-electron chi connectivity index (χ3n) is 2.96. The standard InChI is InChI=1S/C15H15FN2O2/c16-11-6-4-10(5-7-11)8-9-18-14-12(15(19)20)2-1-3-13(14)17/h1-7,18H,8-9,17H2,(H,19,20). The third-order valence-corrected chi connectivity index (χ3v) is 2.96. The van der Waals surface area contributed by atoms with E-state index >= 15 is 0 Å². The first-order valence-electron chi connectivity index (χ1n) is 6.18. The zero-order valence-electron chi connectivity index (χ0n) is 10.8. The molecular formula is C15H15FN2O2. The van der Waals surface area contributed by atoms with Crippen LogP contribution in [0.4, 0.5) is 15.8 Å². The molecule has 4 nitrogen and oxygen atoms in total. The normalized spacial score (nSPS) is 10.2. The molecule has 2 rings (SSSR count). The molecule has 0 aliphatic carbocycles. The van der Waals surface area contributed by atoms with Gasteiger partial charge >= 0.3 is 5.97 Å². The molecule has 0 aromatic heterocycles. The van der Waals surface area contributed by atoms with Crippen LogP contribution in [0.3, 0.4) is 0 Å². The van der Waals surface area contributed by atoms with Gasteiger partial charge in [0.15, 0.2) is 0 Å². The van der Waals surface area contributed by atoms with Crippen molar-refractivity contribution >= 4 is 17.3 Å². The number of rotatable bonds is 5. The van der Waals surface area contributed by atoms with Crippen molar-refractivity contribution in [2.75, 3.05) is 17.6 Å². The summed E-state index contributed by atoms with van der Waals surface area (Å²) in [6, 6.07) is 10.9. The molecule has 0 amide bonds. The number of carboxylic acid groups (broad SMARTS) is 1. The van der Waals surface area contributed by atoms with Gasteiger partial charge in [-0.1, -0.05) is 18.2 Å². The lowest BCUT2D eigenvalue weighted by Gasteiger charge is -2.12. The number of nitrogen functional groups attached to an aromatic ring is 1. The van der Waals surface area contributed by atoms with Crippen LogP contribution in [0.15, 0.2) is 42.5 Å². The molecule has 0 saturated heterocycles. The van der Waals surface area contributed by atoms with E-state index in [1.54, 1.807) is 24.3 Å². The van der Waals surface area contributed by atoms with E-state index in [1.165, 1.54) is 18.2 Å². The highest BCUT2D eigenvalue weighted by molar-refractivity contribution is 5.97. The zero-order chi connectivity index (χ0) is 14.5. The molecule has 0 radical (unpaired) electrons. The van der Waals surface area contributed by atoms with Crippen LogP contribution in [0, 0.1) is 5.82 Å². The van der Waals surface area contributed by atoms with E-state index in [4.69, 9.17) is 10.8 Å². The van der Waals surface area contributed by atoms with Gasteiger partial charge in [-0.15, -0.1) is 0 Å². The summed E-state index contributed by atoms with van der Waals surface area (Å²) in [5.41, 5.74) is 7.70. The summed E-state index contributed by atoms with van der Waals surface area (Å²) in [5, 5.41) is 12.1. The van der Waals surface area contributed by atoms with Crippen molar-refractivity contribution in [3.8, 4) is 0 Å². The predicted molar refractivity (Wildman–Crippen MR) is 76.4 cm³/mol. The molecule has 0 heterocycles. The van der Waals surface area contributed by atoms with Crippen LogP contribution in [-0.2, 0) is 6.42 Å². The van der Waals surface area contributed by atoms with Crippen LogP contribution in [0.2, 0.25) is 0 Å². The van der Waals surface area contributed by atoms with Crippen molar-refractivity contribution in [3.63, 3.8) is 0 Å². The van der Waals surface area contributed by atoms with Gasteiger partial charge in [0.25, 0.3) is 0 Å². The van der Waals surface area contributed by atoms with Gasteiger partial charge in [0.2, 0.25) is 0 Å².